The van der Waals surface area contributed by atoms with Crippen molar-refractivity contribution in [3.8, 4) is 23.0 Å². The quantitative estimate of drug-likeness (QED) is 0.408. The monoisotopic (exact) mass is 495 g/mol. The maximum atomic E-state index is 14.9. The first-order valence-electron chi connectivity index (χ1n) is 12.3. The van der Waals surface area contributed by atoms with Crippen molar-refractivity contribution in [3.05, 3.63) is 48.4 Å². The third-order valence-electron chi connectivity index (χ3n) is 6.49. The van der Waals surface area contributed by atoms with E-state index in [4.69, 9.17) is 18.9 Å². The standard InChI is InChI=1S/C27H30FN3O5/c1-33-25-17-20-22(18-26(25)35-13-3-9-30-11-14-34-15-12-30)29-8-7-23(20)36-24-6-5-19(16-21(24)28)31-10-2-4-27(31)32/h5-8,16-18H,2-4,9-15H2,1H3. The van der Waals surface area contributed by atoms with Crippen LogP contribution in [0.3, 0.4) is 0 Å². The van der Waals surface area contributed by atoms with Crippen molar-refractivity contribution < 1.29 is 28.1 Å². The topological polar surface area (TPSA) is 73.4 Å². The van der Waals surface area contributed by atoms with Crippen LogP contribution in [0.2, 0.25) is 0 Å². The van der Waals surface area contributed by atoms with Crippen LogP contribution in [0.4, 0.5) is 10.1 Å². The summed E-state index contributed by atoms with van der Waals surface area (Å²) < 4.78 is 37.8. The van der Waals surface area contributed by atoms with E-state index in [1.807, 2.05) is 6.07 Å². The summed E-state index contributed by atoms with van der Waals surface area (Å²) >= 11 is 0. The van der Waals surface area contributed by atoms with E-state index < -0.39 is 5.82 Å². The van der Waals surface area contributed by atoms with Crippen LogP contribution in [-0.4, -0.2) is 68.9 Å². The second-order valence-electron chi connectivity index (χ2n) is 8.85. The van der Waals surface area contributed by atoms with E-state index in [1.165, 1.54) is 6.07 Å². The van der Waals surface area contributed by atoms with Gasteiger partial charge in [-0.2, -0.15) is 0 Å². The summed E-state index contributed by atoms with van der Waals surface area (Å²) in [7, 11) is 1.58. The van der Waals surface area contributed by atoms with E-state index in [0.717, 1.165) is 45.7 Å². The highest BCUT2D eigenvalue weighted by molar-refractivity contribution is 5.95. The molecule has 1 amide bonds. The van der Waals surface area contributed by atoms with Gasteiger partial charge in [0.1, 0.15) is 5.75 Å². The molecule has 3 aromatic rings. The van der Waals surface area contributed by atoms with E-state index in [0.29, 0.717) is 53.4 Å². The largest absolute Gasteiger partial charge is 0.493 e. The molecule has 5 rings (SSSR count). The normalized spacial score (nSPS) is 16.5. The van der Waals surface area contributed by atoms with Gasteiger partial charge in [-0.25, -0.2) is 4.39 Å². The Morgan fingerprint density at radius 2 is 1.89 bits per heavy atom. The molecule has 2 aliphatic rings. The van der Waals surface area contributed by atoms with Crippen LogP contribution in [0.15, 0.2) is 42.6 Å². The van der Waals surface area contributed by atoms with Gasteiger partial charge in [-0.1, -0.05) is 0 Å². The summed E-state index contributed by atoms with van der Waals surface area (Å²) in [6, 6.07) is 9.88. The first kappa shape index (κ1) is 24.3. The molecule has 1 aromatic heterocycles. The van der Waals surface area contributed by atoms with Crippen LogP contribution >= 0.6 is 0 Å². The highest BCUT2D eigenvalue weighted by atomic mass is 19.1. The Morgan fingerprint density at radius 3 is 2.64 bits per heavy atom. The minimum absolute atomic E-state index is 0.00871. The van der Waals surface area contributed by atoms with Gasteiger partial charge in [-0.15, -0.1) is 0 Å². The van der Waals surface area contributed by atoms with Crippen LogP contribution < -0.4 is 19.1 Å². The molecule has 0 atom stereocenters. The molecule has 2 aromatic carbocycles. The van der Waals surface area contributed by atoms with E-state index in [2.05, 4.69) is 9.88 Å². The number of carbonyl (C=O) groups is 1. The predicted molar refractivity (Wildman–Crippen MR) is 134 cm³/mol. The van der Waals surface area contributed by atoms with Gasteiger partial charge in [-0.3, -0.25) is 14.7 Å². The number of morpholine rings is 1. The lowest BCUT2D eigenvalue weighted by atomic mass is 10.1. The molecule has 0 bridgehead atoms. The number of hydrogen-bond acceptors (Lipinski definition) is 7. The molecule has 8 nitrogen and oxygen atoms in total. The third-order valence-corrected chi connectivity index (χ3v) is 6.49. The zero-order valence-corrected chi connectivity index (χ0v) is 20.4. The molecule has 0 spiro atoms. The van der Waals surface area contributed by atoms with Gasteiger partial charge >= 0.3 is 0 Å². The van der Waals surface area contributed by atoms with Crippen LogP contribution in [-0.2, 0) is 9.53 Å². The number of carbonyl (C=O) groups excluding carboxylic acids is 1. The summed E-state index contributed by atoms with van der Waals surface area (Å²) in [6.07, 6.45) is 3.77. The van der Waals surface area contributed by atoms with Crippen molar-refractivity contribution in [3.63, 3.8) is 0 Å². The Morgan fingerprint density at radius 1 is 1.03 bits per heavy atom. The maximum Gasteiger partial charge on any atom is 0.227 e. The third kappa shape index (κ3) is 5.37. The average molecular weight is 496 g/mol. The van der Waals surface area contributed by atoms with Crippen molar-refractivity contribution in [1.82, 2.24) is 9.88 Å². The zero-order valence-electron chi connectivity index (χ0n) is 20.4. The number of nitrogens with zero attached hydrogens (tertiary/aromatic N) is 3. The molecular formula is C27H30FN3O5. The minimum Gasteiger partial charge on any atom is -0.493 e. The molecule has 190 valence electrons. The Balaban J connectivity index is 1.30. The number of benzene rings is 2. The van der Waals surface area contributed by atoms with Crippen LogP contribution in [0.25, 0.3) is 10.9 Å². The molecule has 36 heavy (non-hydrogen) atoms. The van der Waals surface area contributed by atoms with Gasteiger partial charge in [0, 0.05) is 62.0 Å². The number of fused-ring (bicyclic) bond motifs is 1. The lowest BCUT2D eigenvalue weighted by molar-refractivity contribution is -0.117. The van der Waals surface area contributed by atoms with Crippen molar-refractivity contribution in [2.24, 2.45) is 0 Å². The highest BCUT2D eigenvalue weighted by Gasteiger charge is 2.23. The van der Waals surface area contributed by atoms with Crippen LogP contribution in [0, 0.1) is 5.82 Å². The molecule has 0 aliphatic carbocycles. The van der Waals surface area contributed by atoms with Gasteiger partial charge in [0.2, 0.25) is 5.91 Å². The second-order valence-corrected chi connectivity index (χ2v) is 8.85. The number of rotatable bonds is 9. The van der Waals surface area contributed by atoms with Crippen LogP contribution in [0.5, 0.6) is 23.0 Å². The molecule has 0 unspecified atom stereocenters. The fourth-order valence-electron chi connectivity index (χ4n) is 4.56. The fourth-order valence-corrected chi connectivity index (χ4v) is 4.56. The number of halogens is 1. The Bertz CT molecular complexity index is 1230. The Labute approximate surface area is 209 Å². The first-order valence-corrected chi connectivity index (χ1v) is 12.3. The summed E-state index contributed by atoms with van der Waals surface area (Å²) in [5, 5.41) is 0.674. The summed E-state index contributed by atoms with van der Waals surface area (Å²) in [5.74, 6) is 1.14. The molecule has 2 saturated heterocycles. The molecule has 0 N–H and O–H groups in total. The van der Waals surface area contributed by atoms with Gasteiger partial charge in [0.05, 0.1) is 32.4 Å². The first-order chi connectivity index (χ1) is 17.6. The van der Waals surface area contributed by atoms with Crippen LogP contribution in [0.1, 0.15) is 19.3 Å². The molecular weight excluding hydrogens is 465 g/mol. The number of anilines is 1. The van der Waals surface area contributed by atoms with E-state index in [1.54, 1.807) is 42.5 Å². The van der Waals surface area contributed by atoms with Crippen molar-refractivity contribution in [1.29, 1.82) is 0 Å². The summed E-state index contributed by atoms with van der Waals surface area (Å²) in [4.78, 5) is 20.4. The van der Waals surface area contributed by atoms with Gasteiger partial charge in [0.15, 0.2) is 23.1 Å². The maximum absolute atomic E-state index is 14.9. The smallest absolute Gasteiger partial charge is 0.227 e. The lowest BCUT2D eigenvalue weighted by Crippen LogP contribution is -2.37. The Hall–Kier alpha value is -3.43. The number of pyridine rings is 1. The fraction of sp³-hybridized carbons (Fsp3) is 0.407. The SMILES string of the molecule is COc1cc2c(Oc3ccc(N4CCCC4=O)cc3F)ccnc2cc1OCCCN1CCOCC1. The van der Waals surface area contributed by atoms with E-state index in [-0.39, 0.29) is 11.7 Å². The summed E-state index contributed by atoms with van der Waals surface area (Å²) in [5.41, 5.74) is 1.19. The van der Waals surface area contributed by atoms with Crippen molar-refractivity contribution in [2.45, 2.75) is 19.3 Å². The molecule has 2 aliphatic heterocycles. The molecule has 9 heteroatoms. The van der Waals surface area contributed by atoms with Gasteiger partial charge < -0.3 is 23.8 Å². The van der Waals surface area contributed by atoms with E-state index >= 15 is 0 Å². The molecule has 0 saturated carbocycles. The van der Waals surface area contributed by atoms with Gasteiger partial charge in [0.25, 0.3) is 0 Å². The molecule has 2 fully saturated rings. The highest BCUT2D eigenvalue weighted by Crippen LogP contribution is 2.38. The number of aromatic nitrogens is 1. The number of methoxy groups -OCH3 is 1. The van der Waals surface area contributed by atoms with Gasteiger partial charge in [-0.05, 0) is 37.1 Å². The lowest BCUT2D eigenvalue weighted by Gasteiger charge is -2.26. The zero-order chi connectivity index (χ0) is 24.9. The molecule has 3 heterocycles. The second kappa shape index (κ2) is 11.1. The number of hydrogen-bond donors (Lipinski definition) is 0. The minimum atomic E-state index is -0.538. The predicted octanol–water partition coefficient (Wildman–Crippen LogP) is 4.40. The average Bonchev–Trinajstić information content (AvgIpc) is 3.34. The number of amides is 1. The molecule has 0 radical (unpaired) electrons. The van der Waals surface area contributed by atoms with Crippen molar-refractivity contribution >= 4 is 22.5 Å². The Kier molecular flexibility index (Phi) is 7.48. The summed E-state index contributed by atoms with van der Waals surface area (Å²) in [6.45, 7) is 5.56. The van der Waals surface area contributed by atoms with E-state index in [9.17, 15) is 9.18 Å². The number of ether oxygens (including phenoxy) is 4. The van der Waals surface area contributed by atoms with Crippen molar-refractivity contribution in [2.75, 3.05) is 58.0 Å².